The van der Waals surface area contributed by atoms with Crippen LogP contribution < -0.4 is 0 Å². The summed E-state index contributed by atoms with van der Waals surface area (Å²) in [6, 6.07) is 76.8. The number of rotatable bonds is 13. The number of benzene rings is 8. The molecule has 8 aromatic rings. The number of likely N-dealkylation sites (tertiary alicyclic amines) is 8. The first-order valence-electron chi connectivity index (χ1n) is 54.9. The molecule has 8 aliphatic heterocycles. The highest BCUT2D eigenvalue weighted by molar-refractivity contribution is 5.39. The third-order valence-corrected chi connectivity index (χ3v) is 31.1. The molecule has 8 aliphatic rings. The van der Waals surface area contributed by atoms with E-state index in [4.69, 9.17) is 0 Å². The van der Waals surface area contributed by atoms with E-state index in [9.17, 15) is 0 Å². The molecule has 0 aromatic heterocycles. The van der Waals surface area contributed by atoms with Crippen molar-refractivity contribution in [2.75, 3.05) is 52.4 Å². The monoisotopic (exact) mass is 1860 g/mol. The Morgan fingerprint density at radius 3 is 0.701 bits per heavy atom. The van der Waals surface area contributed by atoms with Crippen LogP contribution in [-0.2, 0) is 6.42 Å². The topological polar surface area (TPSA) is 25.9 Å². The molecule has 8 heteroatoms. The van der Waals surface area contributed by atoms with E-state index in [1.807, 2.05) is 0 Å². The first kappa shape index (κ1) is 114. The molecule has 8 fully saturated rings. The van der Waals surface area contributed by atoms with Crippen LogP contribution in [0.4, 0.5) is 0 Å². The van der Waals surface area contributed by atoms with Gasteiger partial charge in [-0.05, 0) is 456 Å². The Bertz CT molecular complexity index is 4640. The van der Waals surface area contributed by atoms with Gasteiger partial charge in [-0.3, -0.25) is 39.2 Å². The van der Waals surface area contributed by atoms with Crippen LogP contribution in [0.25, 0.3) is 0 Å². The Labute approximate surface area is 843 Å². The predicted molar refractivity (Wildman–Crippen MR) is 599 cm³/mol. The van der Waals surface area contributed by atoms with Gasteiger partial charge in [0, 0.05) is 92.6 Å². The number of hydrogen-bond donors (Lipinski definition) is 0. The average Bonchev–Trinajstić information content (AvgIpc) is 1.70. The molecule has 0 spiro atoms. The second-order valence-corrected chi connectivity index (χ2v) is 51.0. The fourth-order valence-corrected chi connectivity index (χ4v) is 24.3. The molecule has 8 saturated heterocycles. The molecule has 8 atom stereocenters. The maximum absolute atomic E-state index is 2.67. The maximum Gasteiger partial charge on any atom is 0.0356 e. The fourth-order valence-electron chi connectivity index (χ4n) is 24.3. The molecule has 8 nitrogen and oxygen atoms in total. The van der Waals surface area contributed by atoms with Gasteiger partial charge >= 0.3 is 0 Å². The van der Waals surface area contributed by atoms with Crippen molar-refractivity contribution in [2.45, 2.75) is 475 Å². The summed E-state index contributed by atoms with van der Waals surface area (Å²) >= 11 is 0. The van der Waals surface area contributed by atoms with Crippen LogP contribution >= 0.6 is 0 Å². The Balaban J connectivity index is 0.000000175. The van der Waals surface area contributed by atoms with Gasteiger partial charge in [-0.1, -0.05) is 262 Å². The highest BCUT2D eigenvalue weighted by atomic mass is 15.3. The van der Waals surface area contributed by atoms with Crippen molar-refractivity contribution < 1.29 is 0 Å². The van der Waals surface area contributed by atoms with Crippen molar-refractivity contribution >= 4 is 0 Å². The molecule has 0 N–H and O–H groups in total. The Hall–Kier alpha value is -6.56. The van der Waals surface area contributed by atoms with E-state index in [2.05, 4.69) is 483 Å². The third kappa shape index (κ3) is 31.7. The lowest BCUT2D eigenvalue weighted by atomic mass is 9.90. The van der Waals surface area contributed by atoms with Crippen molar-refractivity contribution in [1.82, 2.24) is 39.2 Å². The quantitative estimate of drug-likeness (QED) is 0.113. The number of hydrogen-bond acceptors (Lipinski definition) is 8. The summed E-state index contributed by atoms with van der Waals surface area (Å²) in [7, 11) is 0. The average molecular weight is 1870 g/mol. The van der Waals surface area contributed by atoms with Crippen LogP contribution in [0.1, 0.15) is 492 Å². The molecule has 8 heterocycles. The van der Waals surface area contributed by atoms with E-state index in [0.29, 0.717) is 72.0 Å². The van der Waals surface area contributed by atoms with Crippen LogP contribution in [0.3, 0.4) is 0 Å². The Morgan fingerprint density at radius 2 is 0.445 bits per heavy atom. The molecule has 0 bridgehead atoms. The molecule has 0 radical (unpaired) electrons. The van der Waals surface area contributed by atoms with E-state index < -0.39 is 0 Å². The van der Waals surface area contributed by atoms with Crippen LogP contribution in [0.5, 0.6) is 0 Å². The summed E-state index contributed by atoms with van der Waals surface area (Å²) in [5.74, 6) is 2.46. The smallest absolute Gasteiger partial charge is 0.0356 e. The summed E-state index contributed by atoms with van der Waals surface area (Å²) in [6.07, 6.45) is 22.2. The zero-order valence-electron chi connectivity index (χ0n) is 94.7. The predicted octanol–water partition coefficient (Wildman–Crippen LogP) is 35.0. The lowest BCUT2D eigenvalue weighted by molar-refractivity contribution is 0.121. The lowest BCUT2D eigenvalue weighted by Crippen LogP contribution is -2.40. The van der Waals surface area contributed by atoms with E-state index in [-0.39, 0.29) is 44.3 Å². The van der Waals surface area contributed by atoms with Crippen molar-refractivity contribution in [3.8, 4) is 0 Å². The van der Waals surface area contributed by atoms with E-state index in [1.54, 1.807) is 22.3 Å². The number of aryl methyl sites for hydroxylation is 4. The minimum absolute atomic E-state index is 0.269. The molecular weight excluding hydrogens is 1660 g/mol. The third-order valence-electron chi connectivity index (χ3n) is 31.1. The van der Waals surface area contributed by atoms with Gasteiger partial charge in [0.15, 0.2) is 0 Å². The maximum atomic E-state index is 2.67. The minimum Gasteiger partial charge on any atom is -0.291 e. The normalized spacial score (nSPS) is 22.1. The van der Waals surface area contributed by atoms with Crippen molar-refractivity contribution in [2.24, 2.45) is 0 Å². The second kappa shape index (κ2) is 50.1. The summed E-state index contributed by atoms with van der Waals surface area (Å²) in [6.45, 7) is 93.1. The number of nitrogens with zero attached hydrogens (tertiary/aromatic N) is 8. The van der Waals surface area contributed by atoms with Crippen molar-refractivity contribution in [1.29, 1.82) is 0 Å². The molecule has 16 rings (SSSR count). The first-order valence-corrected chi connectivity index (χ1v) is 54.9. The molecule has 0 saturated carbocycles. The highest BCUT2D eigenvalue weighted by Gasteiger charge is 2.43. The SMILES string of the molecule is CC(C)c1cccc(C2CCCN2C(C)(C)C)c1.CC(C)c1ccccc1C1CCCN1C(C)(C)C.CC(C)c1ccccc1[C@@H]1CCCN1C(C)(C)C.CC(C)c1ccccc1[C@H]1CCCN1C(C)(C)C.CCc1ccccc1C1CCCN1C(C)(C)C.Cc1cccc(C2CCCN2C(C)(C)C)c1.Cc1ccccc1C1CCCN1C(C)(C)C.Cc1ccccc1[C@@H]1CCCN1C(C)(C)C. The zero-order valence-corrected chi connectivity index (χ0v) is 94.7. The van der Waals surface area contributed by atoms with Gasteiger partial charge in [0.2, 0.25) is 0 Å². The van der Waals surface area contributed by atoms with E-state index >= 15 is 0 Å². The minimum atomic E-state index is 0.269. The Kier molecular flexibility index (Phi) is 41.7. The van der Waals surface area contributed by atoms with Gasteiger partial charge in [-0.2, -0.15) is 0 Å². The van der Waals surface area contributed by atoms with Crippen molar-refractivity contribution in [3.05, 3.63) is 283 Å². The second-order valence-electron chi connectivity index (χ2n) is 51.0. The lowest BCUT2D eigenvalue weighted by Gasteiger charge is -2.38. The van der Waals surface area contributed by atoms with E-state index in [1.165, 1.54) is 222 Å². The largest absolute Gasteiger partial charge is 0.291 e. The molecule has 5 unspecified atom stereocenters. The van der Waals surface area contributed by atoms with Gasteiger partial charge in [0.25, 0.3) is 0 Å². The Morgan fingerprint density at radius 1 is 0.226 bits per heavy atom. The van der Waals surface area contributed by atoms with Gasteiger partial charge in [-0.15, -0.1) is 0 Å². The zero-order chi connectivity index (χ0) is 101. The van der Waals surface area contributed by atoms with Crippen LogP contribution in [-0.4, -0.2) is 136 Å². The van der Waals surface area contributed by atoms with E-state index in [0.717, 1.165) is 6.42 Å². The highest BCUT2D eigenvalue weighted by Crippen LogP contribution is 2.48. The van der Waals surface area contributed by atoms with Crippen LogP contribution in [0.15, 0.2) is 194 Å². The van der Waals surface area contributed by atoms with Crippen molar-refractivity contribution in [3.63, 3.8) is 0 Å². The summed E-state index contributed by atoms with van der Waals surface area (Å²) < 4.78 is 0. The standard InChI is InChI=1S/4C17H27N.C16H25N.3C15H23N/c1-13(2)14-8-6-9-15(12-14)16-10-7-11-18(16)17(3,4)5;3*1-13(2)14-9-6-7-10-15(14)16-11-8-12-18(16)17(3,4)5;1-5-13-9-6-7-10-14(13)15-11-8-12-17(15)16(2,3)4;1-12-7-5-8-13(11-12)14-9-6-10-16(14)15(2,3)4;2*1-12-8-5-6-9-13(12)14-10-7-11-16(14)15(2,3)4/h6,8-9,12-13,16H,7,10-11H2,1-5H3;3*6-7,9-10,13,16H,8,11-12H2,1-5H3;6-7,9-10,15H,5,8,11-12H2,1-4H3;5,7-8,11,14H,6,9-10H2,1-4H3;2*5-6,8-9,14H,7,10-11H2,1-4H3/t;2*16-;;;;14-;/m.10...0./s1. The fraction of sp³-hybridized carbons (Fsp3) is 0.628. The summed E-state index contributed by atoms with van der Waals surface area (Å²) in [5, 5.41) is 0. The van der Waals surface area contributed by atoms with Gasteiger partial charge in [0.05, 0.1) is 0 Å². The molecule has 0 amide bonds. The first-order chi connectivity index (χ1) is 64.1. The van der Waals surface area contributed by atoms with Crippen LogP contribution in [0.2, 0.25) is 0 Å². The molecule has 137 heavy (non-hydrogen) atoms. The molecule has 0 aliphatic carbocycles. The summed E-state index contributed by atoms with van der Waals surface area (Å²) in [4.78, 5) is 21.3. The summed E-state index contributed by atoms with van der Waals surface area (Å²) in [5.41, 5.74) is 26.3. The van der Waals surface area contributed by atoms with Gasteiger partial charge in [-0.25, -0.2) is 0 Å². The molecule has 758 valence electrons. The van der Waals surface area contributed by atoms with Gasteiger partial charge in [0.1, 0.15) is 0 Å². The van der Waals surface area contributed by atoms with Crippen LogP contribution in [0, 0.1) is 20.8 Å². The molecular formula is C129H202N8. The molecule has 8 aromatic carbocycles. The van der Waals surface area contributed by atoms with Gasteiger partial charge < -0.3 is 0 Å².